The van der Waals surface area contributed by atoms with Crippen LogP contribution in [0.4, 0.5) is 0 Å². The standard InChI is InChI=1S/C19H29N3O2/c1-14-17(15(2)24-20-14)10-18(23)22-9-7-19(13-22)6-3-8-21(12-19)11-16-4-5-16/h16H,3-13H2,1-2H3. The van der Waals surface area contributed by atoms with E-state index in [4.69, 9.17) is 4.52 Å². The Morgan fingerprint density at radius 2 is 2.08 bits per heavy atom. The third-order valence-corrected chi connectivity index (χ3v) is 6.25. The largest absolute Gasteiger partial charge is 0.361 e. The minimum atomic E-state index is 0.237. The van der Waals surface area contributed by atoms with Crippen LogP contribution in [0.15, 0.2) is 4.52 Å². The van der Waals surface area contributed by atoms with Crippen molar-refractivity contribution in [2.45, 2.75) is 52.4 Å². The van der Waals surface area contributed by atoms with Gasteiger partial charge in [-0.3, -0.25) is 4.79 Å². The van der Waals surface area contributed by atoms with Crippen molar-refractivity contribution in [2.75, 3.05) is 32.7 Å². The van der Waals surface area contributed by atoms with Gasteiger partial charge in [-0.15, -0.1) is 0 Å². The summed E-state index contributed by atoms with van der Waals surface area (Å²) in [6.07, 6.45) is 7.02. The summed E-state index contributed by atoms with van der Waals surface area (Å²) < 4.78 is 5.20. The summed E-state index contributed by atoms with van der Waals surface area (Å²) in [5.41, 5.74) is 2.17. The fourth-order valence-corrected chi connectivity index (χ4v) is 4.63. The van der Waals surface area contributed by atoms with Crippen molar-refractivity contribution >= 4 is 5.91 Å². The molecule has 2 saturated heterocycles. The van der Waals surface area contributed by atoms with Gasteiger partial charge in [0, 0.05) is 37.2 Å². The number of carbonyl (C=O) groups is 1. The molecule has 0 aromatic carbocycles. The van der Waals surface area contributed by atoms with Crippen molar-refractivity contribution < 1.29 is 9.32 Å². The number of carbonyl (C=O) groups excluding carboxylic acids is 1. The fraction of sp³-hybridized carbons (Fsp3) is 0.789. The lowest BCUT2D eigenvalue weighted by molar-refractivity contribution is -0.130. The van der Waals surface area contributed by atoms with Crippen LogP contribution in [0.1, 0.15) is 49.1 Å². The van der Waals surface area contributed by atoms with Gasteiger partial charge >= 0.3 is 0 Å². The molecule has 1 unspecified atom stereocenters. The average molecular weight is 331 g/mol. The molecule has 3 heterocycles. The van der Waals surface area contributed by atoms with Gasteiger partial charge in [0.1, 0.15) is 5.76 Å². The van der Waals surface area contributed by atoms with Gasteiger partial charge in [0.15, 0.2) is 0 Å². The summed E-state index contributed by atoms with van der Waals surface area (Å²) in [4.78, 5) is 17.5. The number of rotatable bonds is 4. The molecule has 1 atom stereocenters. The van der Waals surface area contributed by atoms with E-state index in [-0.39, 0.29) is 5.91 Å². The van der Waals surface area contributed by atoms with E-state index in [0.29, 0.717) is 11.8 Å². The number of nitrogens with zero attached hydrogens (tertiary/aromatic N) is 3. The van der Waals surface area contributed by atoms with Crippen molar-refractivity contribution in [3.8, 4) is 0 Å². The second-order valence-electron chi connectivity index (χ2n) is 8.33. The van der Waals surface area contributed by atoms with Crippen LogP contribution in [0.5, 0.6) is 0 Å². The lowest BCUT2D eigenvalue weighted by Gasteiger charge is -2.40. The third kappa shape index (κ3) is 3.23. The Morgan fingerprint density at radius 3 is 2.79 bits per heavy atom. The molecule has 5 heteroatoms. The maximum atomic E-state index is 12.8. The number of piperidine rings is 1. The molecular formula is C19H29N3O2. The smallest absolute Gasteiger partial charge is 0.227 e. The molecule has 5 nitrogen and oxygen atoms in total. The molecule has 0 bridgehead atoms. The molecule has 1 aromatic heterocycles. The van der Waals surface area contributed by atoms with Crippen molar-refractivity contribution in [3.05, 3.63) is 17.0 Å². The first kappa shape index (κ1) is 16.1. The molecule has 132 valence electrons. The minimum absolute atomic E-state index is 0.237. The average Bonchev–Trinajstić information content (AvgIpc) is 3.20. The van der Waals surface area contributed by atoms with Gasteiger partial charge in [0.25, 0.3) is 0 Å². The number of likely N-dealkylation sites (tertiary alicyclic amines) is 2. The Morgan fingerprint density at radius 1 is 1.25 bits per heavy atom. The molecule has 1 aliphatic carbocycles. The van der Waals surface area contributed by atoms with Gasteiger partial charge < -0.3 is 14.3 Å². The van der Waals surface area contributed by atoms with Gasteiger partial charge in [-0.05, 0) is 58.4 Å². The van der Waals surface area contributed by atoms with Crippen molar-refractivity contribution in [3.63, 3.8) is 0 Å². The van der Waals surface area contributed by atoms with E-state index in [9.17, 15) is 4.79 Å². The van der Waals surface area contributed by atoms with Crippen LogP contribution in [0, 0.1) is 25.2 Å². The highest BCUT2D eigenvalue weighted by Gasteiger charge is 2.43. The van der Waals surface area contributed by atoms with E-state index in [1.54, 1.807) is 0 Å². The lowest BCUT2D eigenvalue weighted by Crippen LogP contribution is -2.46. The normalized spacial score (nSPS) is 28.0. The molecule has 1 amide bonds. The first-order chi connectivity index (χ1) is 11.5. The monoisotopic (exact) mass is 331 g/mol. The topological polar surface area (TPSA) is 49.6 Å². The van der Waals surface area contributed by atoms with Crippen molar-refractivity contribution in [1.29, 1.82) is 0 Å². The Bertz CT molecular complexity index is 603. The Hall–Kier alpha value is -1.36. The van der Waals surface area contributed by atoms with Crippen LogP contribution in [-0.2, 0) is 11.2 Å². The summed E-state index contributed by atoms with van der Waals surface area (Å²) in [7, 11) is 0. The quantitative estimate of drug-likeness (QED) is 0.851. The van der Waals surface area contributed by atoms with E-state index < -0.39 is 0 Å². The molecule has 1 saturated carbocycles. The van der Waals surface area contributed by atoms with Crippen molar-refractivity contribution in [1.82, 2.24) is 15.0 Å². The Balaban J connectivity index is 1.37. The molecule has 24 heavy (non-hydrogen) atoms. The van der Waals surface area contributed by atoms with E-state index >= 15 is 0 Å². The Kier molecular flexibility index (Phi) is 4.15. The number of aromatic nitrogens is 1. The maximum Gasteiger partial charge on any atom is 0.227 e. The highest BCUT2D eigenvalue weighted by molar-refractivity contribution is 5.79. The van der Waals surface area contributed by atoms with Crippen LogP contribution in [0.2, 0.25) is 0 Å². The van der Waals surface area contributed by atoms with Crippen LogP contribution >= 0.6 is 0 Å². The van der Waals surface area contributed by atoms with Crippen LogP contribution in [-0.4, -0.2) is 53.6 Å². The zero-order valence-electron chi connectivity index (χ0n) is 15.0. The number of hydrogen-bond acceptors (Lipinski definition) is 4. The molecule has 3 aliphatic rings. The van der Waals surface area contributed by atoms with E-state index in [0.717, 1.165) is 36.0 Å². The lowest BCUT2D eigenvalue weighted by atomic mass is 9.79. The zero-order chi connectivity index (χ0) is 16.7. The van der Waals surface area contributed by atoms with E-state index in [1.165, 1.54) is 51.7 Å². The second-order valence-corrected chi connectivity index (χ2v) is 8.33. The molecule has 0 radical (unpaired) electrons. The van der Waals surface area contributed by atoms with E-state index in [2.05, 4.69) is 15.0 Å². The van der Waals surface area contributed by atoms with Gasteiger partial charge in [-0.25, -0.2) is 0 Å². The predicted octanol–water partition coefficient (Wildman–Crippen LogP) is 2.56. The van der Waals surface area contributed by atoms with Crippen LogP contribution in [0.3, 0.4) is 0 Å². The number of aryl methyl sites for hydroxylation is 2. The summed E-state index contributed by atoms with van der Waals surface area (Å²) in [5, 5.41) is 3.97. The minimum Gasteiger partial charge on any atom is -0.361 e. The van der Waals surface area contributed by atoms with Crippen LogP contribution in [0.25, 0.3) is 0 Å². The summed E-state index contributed by atoms with van der Waals surface area (Å²) in [6.45, 7) is 9.40. The zero-order valence-corrected chi connectivity index (χ0v) is 15.0. The second kappa shape index (κ2) is 6.17. The third-order valence-electron chi connectivity index (χ3n) is 6.25. The van der Waals surface area contributed by atoms with Crippen molar-refractivity contribution in [2.24, 2.45) is 11.3 Å². The molecule has 4 rings (SSSR count). The Labute approximate surface area is 144 Å². The van der Waals surface area contributed by atoms with Gasteiger partial charge in [-0.2, -0.15) is 0 Å². The van der Waals surface area contributed by atoms with E-state index in [1.807, 2.05) is 13.8 Å². The summed E-state index contributed by atoms with van der Waals surface area (Å²) in [5.74, 6) is 1.97. The fourth-order valence-electron chi connectivity index (χ4n) is 4.63. The number of hydrogen-bond donors (Lipinski definition) is 0. The van der Waals surface area contributed by atoms with Gasteiger partial charge in [-0.1, -0.05) is 5.16 Å². The summed E-state index contributed by atoms with van der Waals surface area (Å²) in [6, 6.07) is 0. The number of amides is 1. The first-order valence-electron chi connectivity index (χ1n) is 9.47. The van der Waals surface area contributed by atoms with Crippen LogP contribution < -0.4 is 0 Å². The molecule has 2 aliphatic heterocycles. The molecule has 0 N–H and O–H groups in total. The summed E-state index contributed by atoms with van der Waals surface area (Å²) >= 11 is 0. The maximum absolute atomic E-state index is 12.8. The van der Waals surface area contributed by atoms with Gasteiger partial charge in [0.2, 0.25) is 5.91 Å². The highest BCUT2D eigenvalue weighted by atomic mass is 16.5. The van der Waals surface area contributed by atoms with Gasteiger partial charge in [0.05, 0.1) is 12.1 Å². The highest BCUT2D eigenvalue weighted by Crippen LogP contribution is 2.40. The predicted molar refractivity (Wildman–Crippen MR) is 91.7 cm³/mol. The molecule has 3 fully saturated rings. The molecule has 1 aromatic rings. The SMILES string of the molecule is Cc1noc(C)c1CC(=O)N1CCC2(CCCN(CC3CC3)C2)C1. The molecular weight excluding hydrogens is 302 g/mol. The molecule has 1 spiro atoms. The first-order valence-corrected chi connectivity index (χ1v) is 9.47.